The first-order valence-electron chi connectivity index (χ1n) is 3.68. The Balaban J connectivity index is 4.28. The van der Waals surface area contributed by atoms with Crippen LogP contribution in [0.25, 0.3) is 0 Å². The molecule has 1 atom stereocenters. The number of ether oxygens (including phenoxy) is 2. The minimum absolute atomic E-state index is 0.0376. The minimum atomic E-state index is -1.69. The molecule has 0 saturated carbocycles. The van der Waals surface area contributed by atoms with E-state index in [1.807, 2.05) is 0 Å². The van der Waals surface area contributed by atoms with Gasteiger partial charge in [0.15, 0.2) is 11.9 Å². The molecule has 0 rings (SSSR count). The van der Waals surface area contributed by atoms with Gasteiger partial charge in [-0.05, 0) is 0 Å². The standard InChI is InChI=1S/C8H12N2O3/c1-12-7(13-2)5-8(11,6-10)3-4-9/h7,11H,3,5H2,1-2H3. The molecule has 0 aliphatic heterocycles. The Labute approximate surface area is 77.1 Å². The van der Waals surface area contributed by atoms with Crippen LogP contribution >= 0.6 is 0 Å². The molecule has 0 saturated heterocycles. The average molecular weight is 184 g/mol. The second kappa shape index (κ2) is 5.50. The Bertz CT molecular complexity index is 227. The van der Waals surface area contributed by atoms with Crippen LogP contribution in [0.4, 0.5) is 0 Å². The van der Waals surface area contributed by atoms with Gasteiger partial charge in [-0.1, -0.05) is 0 Å². The summed E-state index contributed by atoms with van der Waals surface area (Å²) in [7, 11) is 2.80. The molecule has 0 radical (unpaired) electrons. The van der Waals surface area contributed by atoms with E-state index in [2.05, 4.69) is 0 Å². The molecule has 0 aliphatic rings. The van der Waals surface area contributed by atoms with Crippen LogP contribution in [0.2, 0.25) is 0 Å². The maximum Gasteiger partial charge on any atom is 0.168 e. The molecule has 72 valence electrons. The maximum absolute atomic E-state index is 9.51. The highest BCUT2D eigenvalue weighted by Crippen LogP contribution is 2.17. The van der Waals surface area contributed by atoms with Gasteiger partial charge in [0.05, 0.1) is 18.6 Å². The minimum Gasteiger partial charge on any atom is -0.374 e. The fourth-order valence-corrected chi connectivity index (χ4v) is 0.827. The van der Waals surface area contributed by atoms with E-state index in [0.29, 0.717) is 0 Å². The van der Waals surface area contributed by atoms with Crippen molar-refractivity contribution in [2.24, 2.45) is 0 Å². The van der Waals surface area contributed by atoms with Crippen LogP contribution in [0.1, 0.15) is 12.8 Å². The molecule has 0 fully saturated rings. The van der Waals surface area contributed by atoms with E-state index in [9.17, 15) is 5.11 Å². The van der Waals surface area contributed by atoms with Crippen LogP contribution in [0.15, 0.2) is 0 Å². The summed E-state index contributed by atoms with van der Waals surface area (Å²) in [4.78, 5) is 0. The molecule has 0 spiro atoms. The summed E-state index contributed by atoms with van der Waals surface area (Å²) in [5.41, 5.74) is -1.69. The van der Waals surface area contributed by atoms with E-state index in [1.54, 1.807) is 12.1 Å². The van der Waals surface area contributed by atoms with Crippen molar-refractivity contribution >= 4 is 0 Å². The summed E-state index contributed by atoms with van der Waals surface area (Å²) in [6.07, 6.45) is -0.963. The lowest BCUT2D eigenvalue weighted by Gasteiger charge is -2.21. The van der Waals surface area contributed by atoms with Crippen LogP contribution in [0.3, 0.4) is 0 Å². The lowest BCUT2D eigenvalue weighted by Crippen LogP contribution is -2.33. The van der Waals surface area contributed by atoms with Gasteiger partial charge in [-0.2, -0.15) is 10.5 Å². The Hall–Kier alpha value is -1.14. The smallest absolute Gasteiger partial charge is 0.168 e. The number of nitrogens with zero attached hydrogens (tertiary/aromatic N) is 2. The maximum atomic E-state index is 9.51. The van der Waals surface area contributed by atoms with E-state index < -0.39 is 11.9 Å². The molecule has 5 nitrogen and oxygen atoms in total. The van der Waals surface area contributed by atoms with Crippen LogP contribution in [0.5, 0.6) is 0 Å². The second-order valence-electron chi connectivity index (χ2n) is 2.58. The average Bonchev–Trinajstić information content (AvgIpc) is 2.15. The molecule has 13 heavy (non-hydrogen) atoms. The third kappa shape index (κ3) is 3.86. The van der Waals surface area contributed by atoms with E-state index in [-0.39, 0.29) is 12.8 Å². The van der Waals surface area contributed by atoms with Crippen molar-refractivity contribution in [3.05, 3.63) is 0 Å². The molecule has 5 heteroatoms. The lowest BCUT2D eigenvalue weighted by molar-refractivity contribution is -0.132. The summed E-state index contributed by atoms with van der Waals surface area (Å²) >= 11 is 0. The normalized spacial score (nSPS) is 14.6. The molecule has 0 aromatic carbocycles. The van der Waals surface area contributed by atoms with Crippen molar-refractivity contribution in [2.45, 2.75) is 24.7 Å². The summed E-state index contributed by atoms with van der Waals surface area (Å²) in [5, 5.41) is 26.5. The van der Waals surface area contributed by atoms with Gasteiger partial charge in [0.2, 0.25) is 0 Å². The SMILES string of the molecule is COC(CC(O)(C#N)CC#N)OC. The largest absolute Gasteiger partial charge is 0.374 e. The van der Waals surface area contributed by atoms with Gasteiger partial charge >= 0.3 is 0 Å². The number of nitriles is 2. The van der Waals surface area contributed by atoms with Gasteiger partial charge in [-0.25, -0.2) is 0 Å². The molecular weight excluding hydrogens is 172 g/mol. The monoisotopic (exact) mass is 184 g/mol. The summed E-state index contributed by atoms with van der Waals surface area (Å²) in [5.74, 6) is 0. The van der Waals surface area contributed by atoms with Crippen LogP contribution < -0.4 is 0 Å². The first-order valence-corrected chi connectivity index (χ1v) is 3.68. The zero-order valence-corrected chi connectivity index (χ0v) is 7.65. The van der Waals surface area contributed by atoms with Crippen LogP contribution in [-0.2, 0) is 9.47 Å². The summed E-state index contributed by atoms with van der Waals surface area (Å²) in [6.45, 7) is 0. The molecular formula is C8H12N2O3. The van der Waals surface area contributed by atoms with Crippen molar-refractivity contribution in [1.29, 1.82) is 10.5 Å². The molecule has 0 aromatic rings. The van der Waals surface area contributed by atoms with Gasteiger partial charge in [0, 0.05) is 20.6 Å². The van der Waals surface area contributed by atoms with Crippen molar-refractivity contribution in [3.8, 4) is 12.1 Å². The Morgan fingerprint density at radius 1 is 1.38 bits per heavy atom. The highest BCUT2D eigenvalue weighted by atomic mass is 16.7. The predicted molar refractivity (Wildman–Crippen MR) is 43.2 cm³/mol. The zero-order valence-electron chi connectivity index (χ0n) is 7.65. The third-order valence-electron chi connectivity index (χ3n) is 1.61. The molecule has 1 unspecified atom stereocenters. The van der Waals surface area contributed by atoms with E-state index in [4.69, 9.17) is 20.0 Å². The topological polar surface area (TPSA) is 86.3 Å². The number of methoxy groups -OCH3 is 2. The van der Waals surface area contributed by atoms with E-state index in [1.165, 1.54) is 14.2 Å². The quantitative estimate of drug-likeness (QED) is 0.486. The molecule has 0 aliphatic carbocycles. The Morgan fingerprint density at radius 2 is 1.92 bits per heavy atom. The van der Waals surface area contributed by atoms with Gasteiger partial charge < -0.3 is 14.6 Å². The molecule has 1 N–H and O–H groups in total. The number of hydrogen-bond acceptors (Lipinski definition) is 5. The molecule has 0 bridgehead atoms. The van der Waals surface area contributed by atoms with Gasteiger partial charge in [-0.3, -0.25) is 0 Å². The molecule has 0 aromatic heterocycles. The van der Waals surface area contributed by atoms with E-state index in [0.717, 1.165) is 0 Å². The Kier molecular flexibility index (Phi) is 5.01. The fraction of sp³-hybridized carbons (Fsp3) is 0.750. The predicted octanol–water partition coefficient (Wildman–Crippen LogP) is 0.164. The zero-order chi connectivity index (χ0) is 10.3. The Morgan fingerprint density at radius 3 is 2.23 bits per heavy atom. The highest BCUT2D eigenvalue weighted by molar-refractivity contribution is 5.05. The van der Waals surface area contributed by atoms with Gasteiger partial charge in [0.1, 0.15) is 0 Å². The highest BCUT2D eigenvalue weighted by Gasteiger charge is 2.30. The third-order valence-corrected chi connectivity index (χ3v) is 1.61. The first kappa shape index (κ1) is 11.9. The lowest BCUT2D eigenvalue weighted by atomic mass is 9.98. The van der Waals surface area contributed by atoms with Crippen LogP contribution in [-0.4, -0.2) is 31.2 Å². The van der Waals surface area contributed by atoms with Gasteiger partial charge in [0.25, 0.3) is 0 Å². The van der Waals surface area contributed by atoms with E-state index >= 15 is 0 Å². The van der Waals surface area contributed by atoms with Crippen molar-refractivity contribution < 1.29 is 14.6 Å². The van der Waals surface area contributed by atoms with Gasteiger partial charge in [-0.15, -0.1) is 0 Å². The number of aliphatic hydroxyl groups is 1. The second-order valence-corrected chi connectivity index (χ2v) is 2.58. The molecule has 0 heterocycles. The van der Waals surface area contributed by atoms with Crippen molar-refractivity contribution in [3.63, 3.8) is 0 Å². The number of rotatable bonds is 5. The van der Waals surface area contributed by atoms with Crippen molar-refractivity contribution in [1.82, 2.24) is 0 Å². The first-order chi connectivity index (χ1) is 6.11. The van der Waals surface area contributed by atoms with Crippen LogP contribution in [0, 0.1) is 22.7 Å². The molecule has 0 amide bonds. The summed E-state index contributed by atoms with van der Waals surface area (Å²) < 4.78 is 9.60. The summed E-state index contributed by atoms with van der Waals surface area (Å²) in [6, 6.07) is 3.38. The number of hydrogen-bond donors (Lipinski definition) is 1. The fourth-order valence-electron chi connectivity index (χ4n) is 0.827. The van der Waals surface area contributed by atoms with Crippen molar-refractivity contribution in [2.75, 3.05) is 14.2 Å².